The molecule has 2 rings (SSSR count). The second kappa shape index (κ2) is 4.60. The van der Waals surface area contributed by atoms with E-state index in [1.165, 1.54) is 26.1 Å². The highest BCUT2D eigenvalue weighted by atomic mass is 16.5. The highest BCUT2D eigenvalue weighted by Crippen LogP contribution is 2.21. The summed E-state index contributed by atoms with van der Waals surface area (Å²) in [5.41, 5.74) is 5.97. The van der Waals surface area contributed by atoms with Gasteiger partial charge in [-0.05, 0) is 45.7 Å². The summed E-state index contributed by atoms with van der Waals surface area (Å²) in [7, 11) is 0. The van der Waals surface area contributed by atoms with Crippen LogP contribution in [0.3, 0.4) is 0 Å². The minimum Gasteiger partial charge on any atom is -0.375 e. The normalized spacial score (nSPS) is 39.4. The van der Waals surface area contributed by atoms with Gasteiger partial charge in [-0.1, -0.05) is 0 Å². The van der Waals surface area contributed by atoms with E-state index in [0.717, 1.165) is 19.3 Å². The Labute approximate surface area is 86.6 Å². The molecule has 3 atom stereocenters. The van der Waals surface area contributed by atoms with Crippen molar-refractivity contribution in [1.82, 2.24) is 4.90 Å². The molecule has 0 saturated carbocycles. The van der Waals surface area contributed by atoms with E-state index in [9.17, 15) is 0 Å². The van der Waals surface area contributed by atoms with Gasteiger partial charge in [-0.25, -0.2) is 0 Å². The van der Waals surface area contributed by atoms with Crippen molar-refractivity contribution in [2.45, 2.75) is 50.9 Å². The van der Waals surface area contributed by atoms with Crippen molar-refractivity contribution in [3.63, 3.8) is 0 Å². The lowest BCUT2D eigenvalue weighted by Gasteiger charge is -2.35. The summed E-state index contributed by atoms with van der Waals surface area (Å²) in [4.78, 5) is 2.49. The zero-order valence-electron chi connectivity index (χ0n) is 9.11. The lowest BCUT2D eigenvalue weighted by Crippen LogP contribution is -2.43. The van der Waals surface area contributed by atoms with Crippen molar-refractivity contribution in [3.05, 3.63) is 0 Å². The van der Waals surface area contributed by atoms with E-state index in [1.807, 2.05) is 0 Å². The van der Waals surface area contributed by atoms with Crippen LogP contribution in [0, 0.1) is 0 Å². The Balaban J connectivity index is 1.68. The number of likely N-dealkylation sites (tertiary alicyclic amines) is 1. The maximum atomic E-state index is 5.97. The summed E-state index contributed by atoms with van der Waals surface area (Å²) in [6.45, 7) is 5.91. The second-order valence-corrected chi connectivity index (χ2v) is 4.78. The van der Waals surface area contributed by atoms with Crippen molar-refractivity contribution in [2.75, 3.05) is 19.6 Å². The molecule has 82 valence electrons. The summed E-state index contributed by atoms with van der Waals surface area (Å²) < 4.78 is 5.87. The summed E-state index contributed by atoms with van der Waals surface area (Å²) in [6.07, 6.45) is 5.40. The van der Waals surface area contributed by atoms with E-state index in [0.29, 0.717) is 18.2 Å². The van der Waals surface area contributed by atoms with Gasteiger partial charge < -0.3 is 15.4 Å². The molecule has 0 aromatic rings. The first-order valence-electron chi connectivity index (χ1n) is 5.87. The molecule has 0 amide bonds. The zero-order valence-corrected chi connectivity index (χ0v) is 9.11. The zero-order chi connectivity index (χ0) is 9.97. The van der Waals surface area contributed by atoms with Crippen LogP contribution in [0.1, 0.15) is 32.6 Å². The first-order valence-corrected chi connectivity index (χ1v) is 5.87. The summed E-state index contributed by atoms with van der Waals surface area (Å²) in [5, 5.41) is 0. The molecule has 0 aromatic heterocycles. The molecule has 0 aliphatic carbocycles. The standard InChI is InChI=1S/C11H22N2O/c1-9-7-10(12)8-11(14-9)3-6-13-4-2-5-13/h9-11H,2-8,12H2,1H3. The maximum absolute atomic E-state index is 5.97. The van der Waals surface area contributed by atoms with E-state index in [-0.39, 0.29) is 0 Å². The molecule has 2 heterocycles. The van der Waals surface area contributed by atoms with Gasteiger partial charge in [0.05, 0.1) is 12.2 Å². The minimum atomic E-state index is 0.361. The molecule has 0 bridgehead atoms. The van der Waals surface area contributed by atoms with Crippen LogP contribution in [0.4, 0.5) is 0 Å². The molecule has 0 spiro atoms. The Kier molecular flexibility index (Phi) is 3.42. The van der Waals surface area contributed by atoms with Crippen molar-refractivity contribution in [2.24, 2.45) is 5.73 Å². The quantitative estimate of drug-likeness (QED) is 0.734. The predicted molar refractivity (Wildman–Crippen MR) is 57.2 cm³/mol. The summed E-state index contributed by atoms with van der Waals surface area (Å²) in [5.74, 6) is 0. The number of nitrogens with two attached hydrogens (primary N) is 1. The Hall–Kier alpha value is -0.120. The SMILES string of the molecule is CC1CC(N)CC(CCN2CCC2)O1. The van der Waals surface area contributed by atoms with Crippen LogP contribution < -0.4 is 5.73 Å². The fraction of sp³-hybridized carbons (Fsp3) is 1.00. The third kappa shape index (κ3) is 2.69. The van der Waals surface area contributed by atoms with Gasteiger partial charge in [0, 0.05) is 12.6 Å². The molecular formula is C11H22N2O. The largest absolute Gasteiger partial charge is 0.375 e. The highest BCUT2D eigenvalue weighted by Gasteiger charge is 2.25. The molecule has 3 unspecified atom stereocenters. The van der Waals surface area contributed by atoms with Crippen LogP contribution in [0.25, 0.3) is 0 Å². The maximum Gasteiger partial charge on any atom is 0.0605 e. The lowest BCUT2D eigenvalue weighted by atomic mass is 9.98. The van der Waals surface area contributed by atoms with Gasteiger partial charge in [-0.2, -0.15) is 0 Å². The van der Waals surface area contributed by atoms with Gasteiger partial charge in [-0.15, -0.1) is 0 Å². The van der Waals surface area contributed by atoms with Crippen molar-refractivity contribution >= 4 is 0 Å². The van der Waals surface area contributed by atoms with E-state index in [2.05, 4.69) is 11.8 Å². The number of nitrogens with zero attached hydrogens (tertiary/aromatic N) is 1. The fourth-order valence-electron chi connectivity index (χ4n) is 2.42. The summed E-state index contributed by atoms with van der Waals surface area (Å²) >= 11 is 0. The van der Waals surface area contributed by atoms with Crippen LogP contribution in [0.2, 0.25) is 0 Å². The van der Waals surface area contributed by atoms with E-state index >= 15 is 0 Å². The Morgan fingerprint density at radius 1 is 1.36 bits per heavy atom. The Morgan fingerprint density at radius 3 is 2.71 bits per heavy atom. The molecule has 3 nitrogen and oxygen atoms in total. The van der Waals surface area contributed by atoms with Gasteiger partial charge in [0.15, 0.2) is 0 Å². The molecule has 2 saturated heterocycles. The third-order valence-electron chi connectivity index (χ3n) is 3.34. The lowest BCUT2D eigenvalue weighted by molar-refractivity contribution is -0.0551. The van der Waals surface area contributed by atoms with Crippen molar-refractivity contribution in [1.29, 1.82) is 0 Å². The number of rotatable bonds is 3. The average molecular weight is 198 g/mol. The molecule has 2 aliphatic rings. The average Bonchev–Trinajstić information content (AvgIpc) is 1.99. The van der Waals surface area contributed by atoms with Gasteiger partial charge in [-0.3, -0.25) is 0 Å². The van der Waals surface area contributed by atoms with Gasteiger partial charge in [0.1, 0.15) is 0 Å². The highest BCUT2D eigenvalue weighted by molar-refractivity contribution is 4.79. The van der Waals surface area contributed by atoms with Crippen molar-refractivity contribution in [3.8, 4) is 0 Å². The van der Waals surface area contributed by atoms with Gasteiger partial charge >= 0.3 is 0 Å². The second-order valence-electron chi connectivity index (χ2n) is 4.78. The number of ether oxygens (including phenoxy) is 1. The Morgan fingerprint density at radius 2 is 2.14 bits per heavy atom. The Bertz CT molecular complexity index is 172. The van der Waals surface area contributed by atoms with Crippen molar-refractivity contribution < 1.29 is 4.74 Å². The molecular weight excluding hydrogens is 176 g/mol. The predicted octanol–water partition coefficient (Wildman–Crippen LogP) is 0.977. The van der Waals surface area contributed by atoms with Crippen LogP contribution in [-0.2, 0) is 4.74 Å². The number of hydrogen-bond acceptors (Lipinski definition) is 3. The van der Waals surface area contributed by atoms with Gasteiger partial charge in [0.2, 0.25) is 0 Å². The first kappa shape index (κ1) is 10.4. The number of hydrogen-bond donors (Lipinski definition) is 1. The molecule has 14 heavy (non-hydrogen) atoms. The molecule has 2 aliphatic heterocycles. The van der Waals surface area contributed by atoms with Crippen LogP contribution in [0.15, 0.2) is 0 Å². The van der Waals surface area contributed by atoms with E-state index < -0.39 is 0 Å². The van der Waals surface area contributed by atoms with E-state index in [4.69, 9.17) is 10.5 Å². The topological polar surface area (TPSA) is 38.5 Å². The molecule has 3 heteroatoms. The van der Waals surface area contributed by atoms with Crippen LogP contribution >= 0.6 is 0 Å². The third-order valence-corrected chi connectivity index (χ3v) is 3.34. The van der Waals surface area contributed by atoms with Crippen LogP contribution in [-0.4, -0.2) is 42.8 Å². The van der Waals surface area contributed by atoms with Gasteiger partial charge in [0.25, 0.3) is 0 Å². The molecule has 2 fully saturated rings. The smallest absolute Gasteiger partial charge is 0.0605 e. The molecule has 0 aromatic carbocycles. The van der Waals surface area contributed by atoms with Crippen LogP contribution in [0.5, 0.6) is 0 Å². The van der Waals surface area contributed by atoms with E-state index in [1.54, 1.807) is 0 Å². The summed E-state index contributed by atoms with van der Waals surface area (Å²) in [6, 6.07) is 0.361. The molecule has 2 N–H and O–H groups in total. The molecule has 0 radical (unpaired) electrons. The first-order chi connectivity index (χ1) is 6.74. The fourth-order valence-corrected chi connectivity index (χ4v) is 2.42. The monoisotopic (exact) mass is 198 g/mol. The minimum absolute atomic E-state index is 0.361.